The average Bonchev–Trinajstić information content (AvgIpc) is 2.30. The van der Waals surface area contributed by atoms with Gasteiger partial charge in [-0.2, -0.15) is 0 Å². The lowest BCUT2D eigenvalue weighted by Gasteiger charge is -2.49. The van der Waals surface area contributed by atoms with E-state index in [1.165, 1.54) is 32.1 Å². The summed E-state index contributed by atoms with van der Waals surface area (Å²) in [5, 5.41) is 0. The zero-order valence-corrected chi connectivity index (χ0v) is 9.21. The standard InChI is InChI=1S/C13H19N/c1-9(2)13-6-5-10-4-3-7-14-11(8-13)12(10)13/h7,9,11H,3-6,8H2,1-2H3. The van der Waals surface area contributed by atoms with Gasteiger partial charge in [0.05, 0.1) is 6.04 Å². The molecule has 0 spiro atoms. The van der Waals surface area contributed by atoms with E-state index in [4.69, 9.17) is 0 Å². The average molecular weight is 189 g/mol. The summed E-state index contributed by atoms with van der Waals surface area (Å²) in [6.45, 7) is 4.78. The number of nitrogens with zero attached hydrogens (tertiary/aromatic N) is 1. The molecule has 0 aromatic rings. The number of rotatable bonds is 1. The van der Waals surface area contributed by atoms with E-state index in [1.807, 2.05) is 0 Å². The SMILES string of the molecule is CC(C)C12CCC3=C1C(C2)N=CCC3. The van der Waals surface area contributed by atoms with Crippen LogP contribution in [0.5, 0.6) is 0 Å². The van der Waals surface area contributed by atoms with E-state index in [2.05, 4.69) is 25.1 Å². The monoisotopic (exact) mass is 189 g/mol. The van der Waals surface area contributed by atoms with Gasteiger partial charge in [-0.05, 0) is 55.2 Å². The molecule has 2 atom stereocenters. The highest BCUT2D eigenvalue weighted by molar-refractivity contribution is 5.62. The van der Waals surface area contributed by atoms with Gasteiger partial charge in [-0.1, -0.05) is 19.4 Å². The Labute approximate surface area is 86.3 Å². The number of hydrogen-bond acceptors (Lipinski definition) is 1. The van der Waals surface area contributed by atoms with Gasteiger partial charge in [0.1, 0.15) is 0 Å². The second-order valence-electron chi connectivity index (χ2n) is 5.42. The molecule has 1 aliphatic heterocycles. The Morgan fingerprint density at radius 3 is 3.07 bits per heavy atom. The van der Waals surface area contributed by atoms with E-state index in [0.29, 0.717) is 11.5 Å². The molecule has 0 saturated heterocycles. The zero-order valence-electron chi connectivity index (χ0n) is 9.21. The molecule has 0 radical (unpaired) electrons. The Kier molecular flexibility index (Phi) is 1.68. The molecule has 2 aliphatic carbocycles. The van der Waals surface area contributed by atoms with Crippen molar-refractivity contribution < 1.29 is 0 Å². The van der Waals surface area contributed by atoms with Crippen LogP contribution in [0.25, 0.3) is 0 Å². The van der Waals surface area contributed by atoms with Crippen molar-refractivity contribution in [1.29, 1.82) is 0 Å². The van der Waals surface area contributed by atoms with Gasteiger partial charge in [-0.3, -0.25) is 4.99 Å². The molecule has 1 heteroatoms. The molecule has 0 aromatic carbocycles. The van der Waals surface area contributed by atoms with Crippen molar-refractivity contribution in [1.82, 2.24) is 0 Å². The fourth-order valence-electron chi connectivity index (χ4n) is 3.75. The predicted molar refractivity (Wildman–Crippen MR) is 59.7 cm³/mol. The Balaban J connectivity index is 2.02. The lowest BCUT2D eigenvalue weighted by Crippen LogP contribution is -2.44. The molecule has 1 heterocycles. The second kappa shape index (κ2) is 2.71. The van der Waals surface area contributed by atoms with Gasteiger partial charge in [0.15, 0.2) is 0 Å². The van der Waals surface area contributed by atoms with Crippen molar-refractivity contribution in [3.05, 3.63) is 11.1 Å². The predicted octanol–water partition coefficient (Wildman–Crippen LogP) is 3.36. The Hall–Kier alpha value is -0.590. The summed E-state index contributed by atoms with van der Waals surface area (Å²) < 4.78 is 0. The third-order valence-corrected chi connectivity index (χ3v) is 4.65. The molecule has 76 valence electrons. The minimum atomic E-state index is 0.585. The van der Waals surface area contributed by atoms with Crippen LogP contribution in [0.2, 0.25) is 0 Å². The van der Waals surface area contributed by atoms with Gasteiger partial charge in [0.2, 0.25) is 0 Å². The lowest BCUT2D eigenvalue weighted by atomic mass is 9.56. The molecule has 1 fully saturated rings. The molecular weight excluding hydrogens is 170 g/mol. The molecule has 0 bridgehead atoms. The van der Waals surface area contributed by atoms with E-state index in [1.54, 1.807) is 11.1 Å². The summed E-state index contributed by atoms with van der Waals surface area (Å²) in [4.78, 5) is 4.68. The fraction of sp³-hybridized carbons (Fsp3) is 0.769. The van der Waals surface area contributed by atoms with Gasteiger partial charge in [-0.15, -0.1) is 0 Å². The highest BCUT2D eigenvalue weighted by Gasteiger charge is 2.55. The molecule has 0 N–H and O–H groups in total. The van der Waals surface area contributed by atoms with Gasteiger partial charge in [0, 0.05) is 0 Å². The van der Waals surface area contributed by atoms with E-state index in [0.717, 1.165) is 5.92 Å². The zero-order chi connectivity index (χ0) is 9.76. The van der Waals surface area contributed by atoms with Crippen LogP contribution in [0.15, 0.2) is 16.1 Å². The van der Waals surface area contributed by atoms with E-state index in [9.17, 15) is 0 Å². The lowest BCUT2D eigenvalue weighted by molar-refractivity contribution is 0.140. The summed E-state index contributed by atoms with van der Waals surface area (Å²) in [5.41, 5.74) is 4.12. The van der Waals surface area contributed by atoms with Crippen LogP contribution < -0.4 is 0 Å². The first kappa shape index (κ1) is 8.70. The van der Waals surface area contributed by atoms with Gasteiger partial charge >= 0.3 is 0 Å². The molecule has 3 rings (SSSR count). The second-order valence-corrected chi connectivity index (χ2v) is 5.42. The van der Waals surface area contributed by atoms with Crippen LogP contribution >= 0.6 is 0 Å². The molecule has 0 aromatic heterocycles. The van der Waals surface area contributed by atoms with E-state index < -0.39 is 0 Å². The van der Waals surface area contributed by atoms with Crippen LogP contribution in [0.1, 0.15) is 46.0 Å². The highest BCUT2D eigenvalue weighted by Crippen LogP contribution is 2.62. The number of allylic oxidation sites excluding steroid dienone is 1. The molecule has 14 heavy (non-hydrogen) atoms. The summed E-state index contributed by atoms with van der Waals surface area (Å²) in [6.07, 6.45) is 8.76. The molecule has 1 nitrogen and oxygen atoms in total. The molecular formula is C13H19N. The van der Waals surface area contributed by atoms with Crippen molar-refractivity contribution in [3.63, 3.8) is 0 Å². The summed E-state index contributed by atoms with van der Waals surface area (Å²) in [5.74, 6) is 0.819. The Morgan fingerprint density at radius 2 is 2.29 bits per heavy atom. The summed E-state index contributed by atoms with van der Waals surface area (Å²) in [7, 11) is 0. The van der Waals surface area contributed by atoms with Gasteiger partial charge in [0.25, 0.3) is 0 Å². The Morgan fingerprint density at radius 1 is 1.43 bits per heavy atom. The third kappa shape index (κ3) is 0.884. The van der Waals surface area contributed by atoms with Crippen LogP contribution in [0.4, 0.5) is 0 Å². The van der Waals surface area contributed by atoms with Gasteiger partial charge in [-0.25, -0.2) is 0 Å². The van der Waals surface area contributed by atoms with E-state index >= 15 is 0 Å². The van der Waals surface area contributed by atoms with Gasteiger partial charge < -0.3 is 0 Å². The summed E-state index contributed by atoms with van der Waals surface area (Å²) >= 11 is 0. The normalized spacial score (nSPS) is 39.8. The largest absolute Gasteiger partial charge is 0.290 e. The third-order valence-electron chi connectivity index (χ3n) is 4.65. The number of aliphatic imine (C=N–C) groups is 1. The maximum absolute atomic E-state index is 4.68. The smallest absolute Gasteiger partial charge is 0.0721 e. The van der Waals surface area contributed by atoms with Crippen LogP contribution in [-0.2, 0) is 0 Å². The minimum Gasteiger partial charge on any atom is -0.290 e. The quantitative estimate of drug-likeness (QED) is 0.561. The fourth-order valence-corrected chi connectivity index (χ4v) is 3.75. The van der Waals surface area contributed by atoms with Crippen molar-refractivity contribution in [2.75, 3.05) is 0 Å². The van der Waals surface area contributed by atoms with Crippen molar-refractivity contribution in [2.24, 2.45) is 16.3 Å². The van der Waals surface area contributed by atoms with Crippen LogP contribution in [0, 0.1) is 11.3 Å². The number of hydrogen-bond donors (Lipinski definition) is 0. The molecule has 0 amide bonds. The summed E-state index contributed by atoms with van der Waals surface area (Å²) in [6, 6.07) is 0.595. The maximum atomic E-state index is 4.68. The molecule has 1 saturated carbocycles. The minimum absolute atomic E-state index is 0.585. The first-order valence-corrected chi connectivity index (χ1v) is 5.98. The van der Waals surface area contributed by atoms with Crippen molar-refractivity contribution in [3.8, 4) is 0 Å². The maximum Gasteiger partial charge on any atom is 0.0721 e. The van der Waals surface area contributed by atoms with Crippen molar-refractivity contribution in [2.45, 2.75) is 52.0 Å². The first-order chi connectivity index (χ1) is 6.74. The van der Waals surface area contributed by atoms with Crippen LogP contribution in [0.3, 0.4) is 0 Å². The topological polar surface area (TPSA) is 12.4 Å². The van der Waals surface area contributed by atoms with E-state index in [-0.39, 0.29) is 0 Å². The van der Waals surface area contributed by atoms with Crippen LogP contribution in [-0.4, -0.2) is 12.3 Å². The van der Waals surface area contributed by atoms with Crippen molar-refractivity contribution >= 4 is 6.21 Å². The molecule has 3 aliphatic rings. The first-order valence-electron chi connectivity index (χ1n) is 5.98. The Bertz CT molecular complexity index is 324. The highest BCUT2D eigenvalue weighted by atomic mass is 14.9. The molecule has 2 unspecified atom stereocenters.